The number of hydrogen-bond acceptors (Lipinski definition) is 3. The van der Waals surface area contributed by atoms with E-state index in [-0.39, 0.29) is 11.8 Å². The van der Waals surface area contributed by atoms with Crippen LogP contribution >= 0.6 is 23.2 Å². The molecule has 1 aliphatic heterocycles. The second-order valence-electron chi connectivity index (χ2n) is 5.01. The van der Waals surface area contributed by atoms with Crippen LogP contribution in [0.5, 0.6) is 0 Å². The number of hydrogen-bond donors (Lipinski definition) is 2. The molecule has 4 nitrogen and oxygen atoms in total. The molecule has 0 saturated carbocycles. The highest BCUT2D eigenvalue weighted by Crippen LogP contribution is 2.28. The molecule has 110 valence electrons. The van der Waals surface area contributed by atoms with Crippen molar-refractivity contribution in [2.45, 2.75) is 12.3 Å². The molecule has 0 aromatic heterocycles. The van der Waals surface area contributed by atoms with Gasteiger partial charge in [0.15, 0.2) is 0 Å². The Hall–Kier alpha value is -0.810. The molecule has 1 fully saturated rings. The van der Waals surface area contributed by atoms with Crippen molar-refractivity contribution in [2.24, 2.45) is 5.73 Å². The monoisotopic (exact) mass is 315 g/mol. The summed E-state index contributed by atoms with van der Waals surface area (Å²) in [4.78, 5) is 14.0. The van der Waals surface area contributed by atoms with Crippen LogP contribution in [0.25, 0.3) is 0 Å². The topological polar surface area (TPSA) is 58.4 Å². The molecular formula is C14H19Cl2N3O. The molecule has 1 atom stereocenters. The van der Waals surface area contributed by atoms with Gasteiger partial charge in [-0.05, 0) is 30.7 Å². The van der Waals surface area contributed by atoms with Gasteiger partial charge in [-0.15, -0.1) is 0 Å². The summed E-state index contributed by atoms with van der Waals surface area (Å²) >= 11 is 11.9. The minimum absolute atomic E-state index is 0.320. The van der Waals surface area contributed by atoms with Gasteiger partial charge in [0.25, 0.3) is 0 Å². The molecule has 3 N–H and O–H groups in total. The molecular weight excluding hydrogens is 297 g/mol. The zero-order valence-corrected chi connectivity index (χ0v) is 12.8. The summed E-state index contributed by atoms with van der Waals surface area (Å²) < 4.78 is 0. The van der Waals surface area contributed by atoms with Gasteiger partial charge in [-0.2, -0.15) is 0 Å². The lowest BCUT2D eigenvalue weighted by Crippen LogP contribution is -2.44. The summed E-state index contributed by atoms with van der Waals surface area (Å²) in [7, 11) is 0. The van der Waals surface area contributed by atoms with Crippen molar-refractivity contribution in [3.63, 3.8) is 0 Å². The summed E-state index contributed by atoms with van der Waals surface area (Å²) in [5.41, 5.74) is 6.36. The molecule has 20 heavy (non-hydrogen) atoms. The Bertz CT molecular complexity index is 475. The Labute approximate surface area is 129 Å². The number of rotatable bonds is 5. The van der Waals surface area contributed by atoms with E-state index in [0.717, 1.165) is 38.3 Å². The maximum Gasteiger partial charge on any atom is 0.225 e. The van der Waals surface area contributed by atoms with Gasteiger partial charge in [0.05, 0.1) is 16.0 Å². The third-order valence-electron chi connectivity index (χ3n) is 3.63. The molecule has 1 heterocycles. The lowest BCUT2D eigenvalue weighted by atomic mass is 9.94. The Kier molecular flexibility index (Phi) is 5.66. The fourth-order valence-corrected chi connectivity index (χ4v) is 2.76. The number of carbonyl (C=O) groups is 1. The van der Waals surface area contributed by atoms with Crippen molar-refractivity contribution in [3.05, 3.63) is 33.8 Å². The second-order valence-corrected chi connectivity index (χ2v) is 5.82. The number of piperazine rings is 1. The smallest absolute Gasteiger partial charge is 0.225 e. The first-order valence-corrected chi connectivity index (χ1v) is 7.51. The van der Waals surface area contributed by atoms with Gasteiger partial charge in [0, 0.05) is 26.2 Å². The minimum Gasteiger partial charge on any atom is -0.369 e. The van der Waals surface area contributed by atoms with Gasteiger partial charge in [-0.25, -0.2) is 0 Å². The van der Waals surface area contributed by atoms with Crippen LogP contribution in [-0.2, 0) is 4.79 Å². The minimum atomic E-state index is -0.321. The third kappa shape index (κ3) is 4.09. The Morgan fingerprint density at radius 3 is 2.60 bits per heavy atom. The largest absolute Gasteiger partial charge is 0.369 e. The number of nitrogens with one attached hydrogen (secondary N) is 1. The molecule has 0 aliphatic carbocycles. The zero-order valence-electron chi connectivity index (χ0n) is 11.2. The Morgan fingerprint density at radius 1 is 1.30 bits per heavy atom. The zero-order chi connectivity index (χ0) is 14.5. The first-order valence-electron chi connectivity index (χ1n) is 6.75. The van der Waals surface area contributed by atoms with Crippen molar-refractivity contribution in [1.82, 2.24) is 10.2 Å². The van der Waals surface area contributed by atoms with Crippen LogP contribution in [0.3, 0.4) is 0 Å². The molecule has 1 saturated heterocycles. The molecule has 1 aromatic rings. The predicted molar refractivity (Wildman–Crippen MR) is 82.3 cm³/mol. The number of nitrogens with two attached hydrogens (primary N) is 1. The van der Waals surface area contributed by atoms with Crippen LogP contribution < -0.4 is 11.1 Å². The number of primary amides is 1. The van der Waals surface area contributed by atoms with Crippen molar-refractivity contribution in [1.29, 1.82) is 0 Å². The fraction of sp³-hybridized carbons (Fsp3) is 0.500. The van der Waals surface area contributed by atoms with Gasteiger partial charge in [-0.3, -0.25) is 4.79 Å². The number of nitrogens with zero attached hydrogens (tertiary/aromatic N) is 1. The van der Waals surface area contributed by atoms with E-state index < -0.39 is 0 Å². The van der Waals surface area contributed by atoms with Crippen LogP contribution in [-0.4, -0.2) is 43.5 Å². The van der Waals surface area contributed by atoms with E-state index in [0.29, 0.717) is 16.5 Å². The van der Waals surface area contributed by atoms with Gasteiger partial charge in [0.1, 0.15) is 0 Å². The van der Waals surface area contributed by atoms with Gasteiger partial charge in [0.2, 0.25) is 5.91 Å². The number of benzene rings is 1. The van der Waals surface area contributed by atoms with E-state index in [2.05, 4.69) is 10.2 Å². The van der Waals surface area contributed by atoms with Crippen molar-refractivity contribution >= 4 is 29.1 Å². The summed E-state index contributed by atoms with van der Waals surface area (Å²) in [6.45, 7) is 4.86. The molecule has 2 rings (SSSR count). The van der Waals surface area contributed by atoms with Crippen molar-refractivity contribution < 1.29 is 4.79 Å². The number of halogens is 2. The maximum atomic E-state index is 11.7. The Balaban J connectivity index is 2.02. The lowest BCUT2D eigenvalue weighted by molar-refractivity contribution is -0.119. The van der Waals surface area contributed by atoms with E-state index >= 15 is 0 Å². The van der Waals surface area contributed by atoms with Gasteiger partial charge in [-0.1, -0.05) is 29.3 Å². The highest BCUT2D eigenvalue weighted by atomic mass is 35.5. The fourth-order valence-electron chi connectivity index (χ4n) is 2.45. The summed E-state index contributed by atoms with van der Waals surface area (Å²) in [5.74, 6) is -0.641. The van der Waals surface area contributed by atoms with E-state index in [4.69, 9.17) is 28.9 Å². The first-order chi connectivity index (χ1) is 9.58. The quantitative estimate of drug-likeness (QED) is 0.872. The average molecular weight is 316 g/mol. The van der Waals surface area contributed by atoms with Crippen LogP contribution in [0.1, 0.15) is 17.9 Å². The molecule has 0 spiro atoms. The Morgan fingerprint density at radius 2 is 2.00 bits per heavy atom. The molecule has 0 radical (unpaired) electrons. The molecule has 1 aromatic carbocycles. The standard InChI is InChI=1S/C14H19Cl2N3O/c15-12-2-1-10(9-13(12)16)11(14(17)20)3-6-19-7-4-18-5-8-19/h1-2,9,11,18H,3-8H2,(H2,17,20)/t11-/m0/s1. The van der Waals surface area contributed by atoms with Crippen LogP contribution in [0.2, 0.25) is 10.0 Å². The third-order valence-corrected chi connectivity index (χ3v) is 4.37. The molecule has 0 unspecified atom stereocenters. The average Bonchev–Trinajstić information content (AvgIpc) is 2.43. The summed E-state index contributed by atoms with van der Waals surface area (Å²) in [5, 5.41) is 4.25. The van der Waals surface area contributed by atoms with E-state index in [9.17, 15) is 4.79 Å². The maximum absolute atomic E-state index is 11.7. The summed E-state index contributed by atoms with van der Waals surface area (Å²) in [6, 6.07) is 5.26. The van der Waals surface area contributed by atoms with Gasteiger partial charge >= 0.3 is 0 Å². The molecule has 1 amide bonds. The highest BCUT2D eigenvalue weighted by Gasteiger charge is 2.20. The normalized spacial score (nSPS) is 17.9. The lowest BCUT2D eigenvalue weighted by Gasteiger charge is -2.28. The van der Waals surface area contributed by atoms with Gasteiger partial charge < -0.3 is 16.0 Å². The van der Waals surface area contributed by atoms with Crippen molar-refractivity contribution in [2.75, 3.05) is 32.7 Å². The van der Waals surface area contributed by atoms with Crippen LogP contribution in [0.15, 0.2) is 18.2 Å². The highest BCUT2D eigenvalue weighted by molar-refractivity contribution is 6.42. The molecule has 1 aliphatic rings. The van der Waals surface area contributed by atoms with E-state index in [1.807, 2.05) is 6.07 Å². The predicted octanol–water partition coefficient (Wildman–Crippen LogP) is 1.86. The van der Waals surface area contributed by atoms with Crippen molar-refractivity contribution in [3.8, 4) is 0 Å². The SMILES string of the molecule is NC(=O)[C@@H](CCN1CCNCC1)c1ccc(Cl)c(Cl)c1. The molecule has 6 heteroatoms. The summed E-state index contributed by atoms with van der Waals surface area (Å²) in [6.07, 6.45) is 0.702. The molecule has 0 bridgehead atoms. The van der Waals surface area contributed by atoms with E-state index in [1.54, 1.807) is 12.1 Å². The second kappa shape index (κ2) is 7.27. The van der Waals surface area contributed by atoms with Crippen LogP contribution in [0, 0.1) is 0 Å². The van der Waals surface area contributed by atoms with E-state index in [1.165, 1.54) is 0 Å². The number of amides is 1. The first kappa shape index (κ1) is 15.6. The van der Waals surface area contributed by atoms with Crippen LogP contribution in [0.4, 0.5) is 0 Å². The number of carbonyl (C=O) groups excluding carboxylic acids is 1.